The first-order valence-electron chi connectivity index (χ1n) is 7.41. The molecule has 0 spiro atoms. The van der Waals surface area contributed by atoms with E-state index >= 15 is 0 Å². The Bertz CT molecular complexity index is 764. The fourth-order valence-corrected chi connectivity index (χ4v) is 2.92. The maximum atomic E-state index is 14.0. The van der Waals surface area contributed by atoms with Crippen LogP contribution in [-0.4, -0.2) is 26.6 Å². The van der Waals surface area contributed by atoms with E-state index in [-0.39, 0.29) is 22.9 Å². The van der Waals surface area contributed by atoms with Gasteiger partial charge in [-0.05, 0) is 35.4 Å². The Balaban J connectivity index is 2.92. The van der Waals surface area contributed by atoms with E-state index in [0.29, 0.717) is 24.3 Å². The van der Waals surface area contributed by atoms with Crippen molar-refractivity contribution in [2.75, 3.05) is 25.7 Å². The van der Waals surface area contributed by atoms with E-state index in [2.05, 4.69) is 0 Å². The minimum absolute atomic E-state index is 0.0498. The smallest absolute Gasteiger partial charge is 0.411 e. The van der Waals surface area contributed by atoms with E-state index < -0.39 is 28.9 Å². The lowest BCUT2D eigenvalue weighted by atomic mass is 9.72. The van der Waals surface area contributed by atoms with Crippen molar-refractivity contribution in [3.8, 4) is 11.5 Å². The van der Waals surface area contributed by atoms with Crippen LogP contribution in [0.2, 0.25) is 0 Å². The minimum Gasteiger partial charge on any atom is -0.495 e. The Morgan fingerprint density at radius 1 is 0.667 bits per heavy atom. The average Bonchev–Trinajstić information content (AvgIpc) is 2.53. The topological polar surface area (TPSA) is 70.5 Å². The van der Waals surface area contributed by atoms with E-state index in [0.717, 1.165) is 12.1 Å². The van der Waals surface area contributed by atoms with Gasteiger partial charge in [-0.25, -0.2) is 0 Å². The number of anilines is 2. The zero-order valence-electron chi connectivity index (χ0n) is 14.2. The molecule has 148 valence electrons. The maximum Gasteiger partial charge on any atom is 0.411 e. The Morgan fingerprint density at radius 2 is 1.00 bits per heavy atom. The van der Waals surface area contributed by atoms with Crippen LogP contribution in [0.1, 0.15) is 11.1 Å². The molecule has 0 aliphatic carbocycles. The lowest BCUT2D eigenvalue weighted by molar-refractivity contribution is -0.288. The second-order valence-corrected chi connectivity index (χ2v) is 5.66. The largest absolute Gasteiger partial charge is 0.495 e. The number of rotatable bonds is 4. The Kier molecular flexibility index (Phi) is 5.13. The molecule has 2 aromatic carbocycles. The molecular weight excluding hydrogens is 378 g/mol. The number of halogens is 6. The van der Waals surface area contributed by atoms with Crippen LogP contribution in [0.3, 0.4) is 0 Å². The molecule has 0 atom stereocenters. The number of nitrogens with two attached hydrogens (primary N) is 2. The fraction of sp³-hybridized carbons (Fsp3) is 0.294. The van der Waals surface area contributed by atoms with Gasteiger partial charge in [0.05, 0.1) is 25.6 Å². The number of methoxy groups -OCH3 is 2. The molecule has 0 saturated carbocycles. The first-order valence-corrected chi connectivity index (χ1v) is 7.41. The summed E-state index contributed by atoms with van der Waals surface area (Å²) in [5.41, 5.74) is 3.84. The third-order valence-electron chi connectivity index (χ3n) is 4.18. The lowest BCUT2D eigenvalue weighted by Gasteiger charge is -2.38. The highest BCUT2D eigenvalue weighted by Gasteiger charge is 2.72. The third kappa shape index (κ3) is 3.19. The van der Waals surface area contributed by atoms with E-state index in [1.165, 1.54) is 14.2 Å². The molecule has 10 heteroatoms. The molecule has 0 saturated heterocycles. The van der Waals surface area contributed by atoms with Crippen molar-refractivity contribution in [1.29, 1.82) is 0 Å². The van der Waals surface area contributed by atoms with Gasteiger partial charge in [0.2, 0.25) is 5.41 Å². The number of alkyl halides is 6. The normalized spacial score (nSPS) is 12.7. The zero-order valence-corrected chi connectivity index (χ0v) is 14.2. The van der Waals surface area contributed by atoms with Gasteiger partial charge in [0.25, 0.3) is 0 Å². The highest BCUT2D eigenvalue weighted by Crippen LogP contribution is 2.57. The summed E-state index contributed by atoms with van der Waals surface area (Å²) in [6.45, 7) is 0. The van der Waals surface area contributed by atoms with Gasteiger partial charge in [0, 0.05) is 0 Å². The van der Waals surface area contributed by atoms with Crippen molar-refractivity contribution in [3.63, 3.8) is 0 Å². The summed E-state index contributed by atoms with van der Waals surface area (Å²) in [7, 11) is 2.38. The molecule has 0 unspecified atom stereocenters. The molecular formula is C17H16F6N2O2. The van der Waals surface area contributed by atoms with Crippen LogP contribution >= 0.6 is 0 Å². The summed E-state index contributed by atoms with van der Waals surface area (Å²) in [6, 6.07) is 4.45. The summed E-state index contributed by atoms with van der Waals surface area (Å²) in [5, 5.41) is 0. The zero-order chi connectivity index (χ0) is 20.6. The van der Waals surface area contributed by atoms with Crippen LogP contribution < -0.4 is 20.9 Å². The van der Waals surface area contributed by atoms with Crippen molar-refractivity contribution >= 4 is 11.4 Å². The molecule has 0 fully saturated rings. The number of nitrogen functional groups attached to an aromatic ring is 2. The summed E-state index contributed by atoms with van der Waals surface area (Å²) in [6.07, 6.45) is -11.5. The van der Waals surface area contributed by atoms with Gasteiger partial charge in [0.1, 0.15) is 11.5 Å². The van der Waals surface area contributed by atoms with Crippen LogP contribution in [0, 0.1) is 0 Å². The molecule has 0 aliphatic heterocycles. The fourth-order valence-electron chi connectivity index (χ4n) is 2.92. The molecule has 0 aromatic heterocycles. The predicted octanol–water partition coefficient (Wildman–Crippen LogP) is 4.28. The van der Waals surface area contributed by atoms with Crippen molar-refractivity contribution < 1.29 is 35.8 Å². The van der Waals surface area contributed by atoms with Gasteiger partial charge in [-0.15, -0.1) is 0 Å². The number of hydrogen-bond acceptors (Lipinski definition) is 4. The van der Waals surface area contributed by atoms with Crippen LogP contribution in [0.25, 0.3) is 0 Å². The number of benzene rings is 2. The molecule has 4 N–H and O–H groups in total. The van der Waals surface area contributed by atoms with E-state index in [4.69, 9.17) is 20.9 Å². The Morgan fingerprint density at radius 3 is 1.22 bits per heavy atom. The molecule has 27 heavy (non-hydrogen) atoms. The minimum atomic E-state index is -5.74. The predicted molar refractivity (Wildman–Crippen MR) is 87.7 cm³/mol. The molecule has 0 radical (unpaired) electrons. The van der Waals surface area contributed by atoms with E-state index in [9.17, 15) is 26.3 Å². The first-order chi connectivity index (χ1) is 12.4. The average molecular weight is 394 g/mol. The van der Waals surface area contributed by atoms with Crippen molar-refractivity contribution in [1.82, 2.24) is 0 Å². The van der Waals surface area contributed by atoms with Gasteiger partial charge in [-0.1, -0.05) is 12.1 Å². The van der Waals surface area contributed by atoms with Crippen LogP contribution in [0.5, 0.6) is 11.5 Å². The number of ether oxygens (including phenoxy) is 2. The summed E-state index contributed by atoms with van der Waals surface area (Å²) < 4.78 is 93.7. The van der Waals surface area contributed by atoms with E-state index in [1.807, 2.05) is 0 Å². The summed E-state index contributed by atoms with van der Waals surface area (Å²) >= 11 is 0. The van der Waals surface area contributed by atoms with Gasteiger partial charge in [-0.3, -0.25) is 0 Å². The number of hydrogen-bond donors (Lipinski definition) is 2. The highest BCUT2D eigenvalue weighted by atomic mass is 19.4. The summed E-state index contributed by atoms with van der Waals surface area (Å²) in [4.78, 5) is 0. The molecule has 0 bridgehead atoms. The van der Waals surface area contributed by atoms with Crippen molar-refractivity contribution in [2.45, 2.75) is 17.8 Å². The van der Waals surface area contributed by atoms with Gasteiger partial charge < -0.3 is 20.9 Å². The molecule has 0 heterocycles. The van der Waals surface area contributed by atoms with Crippen molar-refractivity contribution in [3.05, 3.63) is 47.5 Å². The van der Waals surface area contributed by atoms with Gasteiger partial charge in [0.15, 0.2) is 0 Å². The van der Waals surface area contributed by atoms with Crippen LogP contribution in [-0.2, 0) is 5.41 Å². The van der Waals surface area contributed by atoms with Crippen molar-refractivity contribution in [2.24, 2.45) is 0 Å². The first kappa shape index (κ1) is 20.5. The van der Waals surface area contributed by atoms with Gasteiger partial charge in [-0.2, -0.15) is 26.3 Å². The Hall–Kier alpha value is -2.78. The second kappa shape index (κ2) is 6.75. The second-order valence-electron chi connectivity index (χ2n) is 5.66. The Labute approximate surface area is 150 Å². The maximum absolute atomic E-state index is 14.0. The third-order valence-corrected chi connectivity index (χ3v) is 4.18. The standard InChI is InChI=1S/C17H16F6N2O2/c1-26-13-5-3-9(7-11(13)24)15(16(18,19)20,17(21,22)23)10-4-6-14(27-2)12(25)8-10/h3-8H,24-25H2,1-2H3. The quantitative estimate of drug-likeness (QED) is 0.600. The lowest BCUT2D eigenvalue weighted by Crippen LogP contribution is -2.54. The molecule has 2 rings (SSSR count). The molecule has 0 amide bonds. The summed E-state index contributed by atoms with van der Waals surface area (Å²) in [5.74, 6) is -0.0995. The molecule has 4 nitrogen and oxygen atoms in total. The monoisotopic (exact) mass is 394 g/mol. The molecule has 0 aliphatic rings. The molecule has 2 aromatic rings. The van der Waals surface area contributed by atoms with Gasteiger partial charge >= 0.3 is 12.4 Å². The van der Waals surface area contributed by atoms with Crippen LogP contribution in [0.15, 0.2) is 36.4 Å². The van der Waals surface area contributed by atoms with E-state index in [1.54, 1.807) is 0 Å². The van der Waals surface area contributed by atoms with Crippen LogP contribution in [0.4, 0.5) is 37.7 Å². The SMILES string of the molecule is COc1ccc(C(c2ccc(OC)c(N)c2)(C(F)(F)F)C(F)(F)F)cc1N. The highest BCUT2D eigenvalue weighted by molar-refractivity contribution is 5.61.